The number of fused-ring (bicyclic) bond motifs is 2. The van der Waals surface area contributed by atoms with Crippen LogP contribution in [0.25, 0.3) is 11.1 Å². The molecule has 7 heteroatoms. The van der Waals surface area contributed by atoms with Crippen molar-refractivity contribution >= 4 is 21.5 Å². The Labute approximate surface area is 187 Å². The minimum absolute atomic E-state index is 0.192. The molecule has 3 aromatic rings. The summed E-state index contributed by atoms with van der Waals surface area (Å²) in [5, 5.41) is 0. The molecule has 0 saturated carbocycles. The van der Waals surface area contributed by atoms with Crippen LogP contribution in [0, 0.1) is 0 Å². The zero-order valence-electron chi connectivity index (χ0n) is 17.8. The van der Waals surface area contributed by atoms with Crippen LogP contribution in [-0.4, -0.2) is 26.3 Å². The number of hydrogen-bond donors (Lipinski definition) is 1. The van der Waals surface area contributed by atoms with Crippen molar-refractivity contribution in [1.82, 2.24) is 0 Å². The molecular formula is C25H23N3O3S. The Balaban J connectivity index is 1.65. The average Bonchev–Trinajstić information content (AvgIpc) is 3.06. The van der Waals surface area contributed by atoms with Crippen LogP contribution >= 0.6 is 0 Å². The van der Waals surface area contributed by atoms with E-state index in [0.717, 1.165) is 33.7 Å². The molecule has 2 atom stereocenters. The Morgan fingerprint density at radius 3 is 2.44 bits per heavy atom. The number of ether oxygens (including phenoxy) is 1. The lowest BCUT2D eigenvalue weighted by molar-refractivity contribution is 0.148. The predicted octanol–water partition coefficient (Wildman–Crippen LogP) is 4.27. The predicted molar refractivity (Wildman–Crippen MR) is 126 cm³/mol. The first-order chi connectivity index (χ1) is 15.3. The maximum Gasteiger partial charge on any atom is 0.216 e. The van der Waals surface area contributed by atoms with Gasteiger partial charge >= 0.3 is 0 Å². The maximum absolute atomic E-state index is 12.0. The summed E-state index contributed by atoms with van der Waals surface area (Å²) in [7, 11) is -3.31. The zero-order chi connectivity index (χ0) is 22.5. The molecule has 0 radical (unpaired) electrons. The molecule has 2 N–H and O–H groups in total. The van der Waals surface area contributed by atoms with Gasteiger partial charge in [0.15, 0.2) is 9.84 Å². The minimum atomic E-state index is -3.31. The van der Waals surface area contributed by atoms with Gasteiger partial charge in [0.05, 0.1) is 10.6 Å². The summed E-state index contributed by atoms with van der Waals surface area (Å²) in [6, 6.07) is 22.9. The van der Waals surface area contributed by atoms with Crippen molar-refractivity contribution in [2.45, 2.75) is 29.9 Å². The summed E-state index contributed by atoms with van der Waals surface area (Å²) in [5.74, 6) is 0.979. The van der Waals surface area contributed by atoms with Gasteiger partial charge in [-0.25, -0.2) is 18.4 Å². The summed E-state index contributed by atoms with van der Waals surface area (Å²) in [6.45, 7) is 1.94. The summed E-state index contributed by atoms with van der Waals surface area (Å²) >= 11 is 0. The molecule has 0 aromatic heterocycles. The Morgan fingerprint density at radius 2 is 1.75 bits per heavy atom. The van der Waals surface area contributed by atoms with Crippen molar-refractivity contribution < 1.29 is 13.2 Å². The highest BCUT2D eigenvalue weighted by atomic mass is 32.2. The highest BCUT2D eigenvalue weighted by Crippen LogP contribution is 2.50. The van der Waals surface area contributed by atoms with Gasteiger partial charge in [-0.05, 0) is 47.9 Å². The number of nitrogens with zero attached hydrogens (tertiary/aromatic N) is 2. The van der Waals surface area contributed by atoms with Crippen LogP contribution in [0.2, 0.25) is 0 Å². The van der Waals surface area contributed by atoms with Gasteiger partial charge < -0.3 is 10.5 Å². The van der Waals surface area contributed by atoms with Gasteiger partial charge in [0.25, 0.3) is 0 Å². The van der Waals surface area contributed by atoms with Crippen LogP contribution in [0.3, 0.4) is 0 Å². The van der Waals surface area contributed by atoms with Crippen molar-refractivity contribution in [1.29, 1.82) is 0 Å². The normalized spacial score (nSPS) is 22.1. The highest BCUT2D eigenvalue weighted by molar-refractivity contribution is 7.90. The van der Waals surface area contributed by atoms with Crippen molar-refractivity contribution in [3.8, 4) is 16.9 Å². The molecular weight excluding hydrogens is 422 g/mol. The lowest BCUT2D eigenvalue weighted by atomic mass is 9.77. The Kier molecular flexibility index (Phi) is 4.67. The van der Waals surface area contributed by atoms with Crippen LogP contribution in [0.15, 0.2) is 87.7 Å². The van der Waals surface area contributed by atoms with Crippen LogP contribution in [0.1, 0.15) is 30.6 Å². The highest BCUT2D eigenvalue weighted by Gasteiger charge is 2.47. The van der Waals surface area contributed by atoms with E-state index in [2.05, 4.69) is 4.99 Å². The van der Waals surface area contributed by atoms with Crippen molar-refractivity contribution in [2.24, 2.45) is 15.7 Å². The fraction of sp³-hybridized carbons (Fsp3) is 0.200. The third kappa shape index (κ3) is 3.39. The molecule has 2 aliphatic heterocycles. The Bertz CT molecular complexity index is 1380. The van der Waals surface area contributed by atoms with Crippen LogP contribution < -0.4 is 10.5 Å². The molecule has 5 rings (SSSR count). The second kappa shape index (κ2) is 7.31. The van der Waals surface area contributed by atoms with Crippen LogP contribution in [0.5, 0.6) is 5.75 Å². The van der Waals surface area contributed by atoms with Gasteiger partial charge in [0, 0.05) is 18.2 Å². The van der Waals surface area contributed by atoms with E-state index < -0.39 is 15.4 Å². The smallest absolute Gasteiger partial charge is 0.216 e. The zero-order valence-corrected chi connectivity index (χ0v) is 18.6. The third-order valence-corrected chi connectivity index (χ3v) is 7.24. The number of guanidine groups is 1. The van der Waals surface area contributed by atoms with E-state index in [1.807, 2.05) is 61.5 Å². The molecule has 32 heavy (non-hydrogen) atoms. The summed E-state index contributed by atoms with van der Waals surface area (Å²) in [6.07, 6.45) is 1.59. The molecule has 6 nitrogen and oxygen atoms in total. The number of nitrogens with two attached hydrogens (primary N) is 1. The van der Waals surface area contributed by atoms with Crippen LogP contribution in [-0.2, 0) is 15.4 Å². The number of benzene rings is 3. The molecule has 0 saturated heterocycles. The number of rotatable bonds is 3. The van der Waals surface area contributed by atoms with Gasteiger partial charge in [-0.2, -0.15) is 0 Å². The standard InChI is InChI=1S/C25H23N3O3S/c1-16-25(28-24(26)27-16)15-23(17-7-4-3-5-8-17)31-22-12-11-19(14-21(22)25)18-9-6-10-20(13-18)32(2,29)30/h3-14,23H,15H2,1-2H3,(H2,26,28)/t23?,25-/m0/s1. The molecule has 0 aliphatic carbocycles. The monoisotopic (exact) mass is 445 g/mol. The molecule has 1 unspecified atom stereocenters. The van der Waals surface area contributed by atoms with Gasteiger partial charge in [0.2, 0.25) is 5.96 Å². The van der Waals surface area contributed by atoms with Gasteiger partial charge in [-0.3, -0.25) is 0 Å². The third-order valence-electron chi connectivity index (χ3n) is 6.13. The first-order valence-corrected chi connectivity index (χ1v) is 12.2. The average molecular weight is 446 g/mol. The summed E-state index contributed by atoms with van der Waals surface area (Å²) < 4.78 is 30.5. The maximum atomic E-state index is 12.0. The Morgan fingerprint density at radius 1 is 1.00 bits per heavy atom. The lowest BCUT2D eigenvalue weighted by Gasteiger charge is -2.38. The fourth-order valence-corrected chi connectivity index (χ4v) is 5.15. The van der Waals surface area contributed by atoms with Crippen molar-refractivity contribution in [3.05, 3.63) is 83.9 Å². The van der Waals surface area contributed by atoms with E-state index in [1.165, 1.54) is 6.26 Å². The number of aliphatic imine (C=N–C) groups is 2. The molecule has 1 spiro atoms. The quantitative estimate of drug-likeness (QED) is 0.652. The van der Waals surface area contributed by atoms with E-state index in [9.17, 15) is 8.42 Å². The first kappa shape index (κ1) is 20.5. The molecule has 162 valence electrons. The van der Waals surface area contributed by atoms with E-state index in [1.54, 1.807) is 18.2 Å². The van der Waals surface area contributed by atoms with Gasteiger partial charge in [-0.1, -0.05) is 48.5 Å². The van der Waals surface area contributed by atoms with E-state index in [-0.39, 0.29) is 17.0 Å². The minimum Gasteiger partial charge on any atom is -0.485 e. The van der Waals surface area contributed by atoms with Gasteiger partial charge in [0.1, 0.15) is 17.4 Å². The Hall–Kier alpha value is -3.45. The molecule has 0 fully saturated rings. The molecule has 0 amide bonds. The number of sulfone groups is 1. The summed E-state index contributed by atoms with van der Waals surface area (Å²) in [5.41, 5.74) is 9.78. The first-order valence-electron chi connectivity index (χ1n) is 10.3. The second-order valence-electron chi connectivity index (χ2n) is 8.26. The van der Waals surface area contributed by atoms with Crippen LogP contribution in [0.4, 0.5) is 0 Å². The molecule has 2 heterocycles. The largest absolute Gasteiger partial charge is 0.485 e. The fourth-order valence-electron chi connectivity index (χ4n) is 4.48. The van der Waals surface area contributed by atoms with Crippen molar-refractivity contribution in [3.63, 3.8) is 0 Å². The lowest BCUT2D eigenvalue weighted by Crippen LogP contribution is -2.37. The van der Waals surface area contributed by atoms with E-state index in [0.29, 0.717) is 6.42 Å². The van der Waals surface area contributed by atoms with Gasteiger partial charge in [-0.15, -0.1) is 0 Å². The number of hydrogen-bond acceptors (Lipinski definition) is 6. The summed E-state index contributed by atoms with van der Waals surface area (Å²) in [4.78, 5) is 9.52. The molecule has 2 aliphatic rings. The van der Waals surface area contributed by atoms with Crippen molar-refractivity contribution in [2.75, 3.05) is 6.26 Å². The van der Waals surface area contributed by atoms with E-state index >= 15 is 0 Å². The molecule has 0 bridgehead atoms. The topological polar surface area (TPSA) is 94.1 Å². The second-order valence-corrected chi connectivity index (χ2v) is 10.3. The van der Waals surface area contributed by atoms with E-state index in [4.69, 9.17) is 15.5 Å². The molecule has 3 aromatic carbocycles. The SMILES string of the molecule is CC1=NC(N)=N[C@@]12CC(c1ccccc1)Oc1ccc(-c3cccc(S(C)(=O)=O)c3)cc12.